The lowest BCUT2D eigenvalue weighted by molar-refractivity contribution is 0.191. The van der Waals surface area contributed by atoms with Crippen LogP contribution in [0.1, 0.15) is 0 Å². The van der Waals surface area contributed by atoms with Crippen molar-refractivity contribution in [3.63, 3.8) is 0 Å². The highest BCUT2D eigenvalue weighted by Crippen LogP contribution is 2.19. The molecule has 1 aliphatic rings. The van der Waals surface area contributed by atoms with Crippen LogP contribution in [0.4, 0.5) is 5.82 Å². The number of pyridine rings is 1. The lowest BCUT2D eigenvalue weighted by Gasteiger charge is -2.35. The van der Waals surface area contributed by atoms with Crippen molar-refractivity contribution < 1.29 is 0 Å². The van der Waals surface area contributed by atoms with Crippen LogP contribution in [0.3, 0.4) is 0 Å². The minimum Gasteiger partial charge on any atom is -0.354 e. The summed E-state index contributed by atoms with van der Waals surface area (Å²) in [5.41, 5.74) is 1.71. The molecule has 0 saturated carbocycles. The van der Waals surface area contributed by atoms with Crippen molar-refractivity contribution in [1.29, 1.82) is 0 Å². The largest absolute Gasteiger partial charge is 0.354 e. The number of benzene rings is 1. The number of hydrogen-bond donors (Lipinski definition) is 0. The molecule has 3 aromatic rings. The number of halogens is 1. The van der Waals surface area contributed by atoms with E-state index in [0.29, 0.717) is 6.67 Å². The Bertz CT molecular complexity index is 950. The Balaban J connectivity index is 1.45. The Kier molecular flexibility index (Phi) is 5.31. The monoisotopic (exact) mass is 425 g/mol. The molecule has 0 spiro atoms. The van der Waals surface area contributed by atoms with Gasteiger partial charge in [0.2, 0.25) is 0 Å². The molecule has 2 aromatic heterocycles. The first-order chi connectivity index (χ1) is 13.2. The van der Waals surface area contributed by atoms with Crippen molar-refractivity contribution >= 4 is 21.7 Å². The van der Waals surface area contributed by atoms with Crippen LogP contribution in [0, 0.1) is 0 Å². The van der Waals surface area contributed by atoms with Crippen LogP contribution >= 0.6 is 15.9 Å². The molecule has 0 bridgehead atoms. The molecule has 1 fully saturated rings. The number of hydrogen-bond acceptors (Lipinski definition) is 5. The van der Waals surface area contributed by atoms with Gasteiger partial charge in [-0.2, -0.15) is 5.10 Å². The molecule has 0 unspecified atom stereocenters. The third-order valence-electron chi connectivity index (χ3n) is 4.69. The molecule has 0 atom stereocenters. The van der Waals surface area contributed by atoms with Gasteiger partial charge in [-0.1, -0.05) is 34.1 Å². The van der Waals surface area contributed by atoms with Crippen LogP contribution in [-0.4, -0.2) is 45.8 Å². The highest BCUT2D eigenvalue weighted by atomic mass is 79.9. The first-order valence-electron chi connectivity index (χ1n) is 8.91. The second kappa shape index (κ2) is 8.02. The summed E-state index contributed by atoms with van der Waals surface area (Å²) in [7, 11) is 0. The normalized spacial score (nSPS) is 15.1. The number of nitrogens with zero attached hydrogens (tertiary/aromatic N) is 5. The van der Waals surface area contributed by atoms with Gasteiger partial charge in [-0.05, 0) is 30.3 Å². The average molecular weight is 426 g/mol. The summed E-state index contributed by atoms with van der Waals surface area (Å²) in [5, 5.41) is 4.56. The molecular weight excluding hydrogens is 406 g/mol. The van der Waals surface area contributed by atoms with Gasteiger partial charge < -0.3 is 4.90 Å². The fourth-order valence-corrected chi connectivity index (χ4v) is 3.44. The predicted octanol–water partition coefficient (Wildman–Crippen LogP) is 2.85. The van der Waals surface area contributed by atoms with Gasteiger partial charge in [-0.3, -0.25) is 9.69 Å². The minimum absolute atomic E-state index is 0.0805. The fourth-order valence-electron chi connectivity index (χ4n) is 3.17. The van der Waals surface area contributed by atoms with E-state index in [-0.39, 0.29) is 5.56 Å². The molecule has 6 nitrogen and oxygen atoms in total. The van der Waals surface area contributed by atoms with Gasteiger partial charge in [0.15, 0.2) is 0 Å². The van der Waals surface area contributed by atoms with E-state index < -0.39 is 0 Å². The van der Waals surface area contributed by atoms with Crippen LogP contribution in [0.2, 0.25) is 0 Å². The smallest absolute Gasteiger partial charge is 0.268 e. The van der Waals surface area contributed by atoms with Crippen molar-refractivity contribution in [3.05, 3.63) is 75.6 Å². The molecule has 1 saturated heterocycles. The van der Waals surface area contributed by atoms with E-state index in [1.165, 1.54) is 0 Å². The molecule has 3 heterocycles. The van der Waals surface area contributed by atoms with Crippen LogP contribution in [0.15, 0.2) is 70.1 Å². The Morgan fingerprint density at radius 2 is 1.70 bits per heavy atom. The van der Waals surface area contributed by atoms with Crippen molar-refractivity contribution in [2.45, 2.75) is 6.67 Å². The van der Waals surface area contributed by atoms with Gasteiger partial charge in [0.05, 0.1) is 12.4 Å². The van der Waals surface area contributed by atoms with Gasteiger partial charge in [-0.15, -0.1) is 0 Å². The van der Waals surface area contributed by atoms with E-state index >= 15 is 0 Å². The highest BCUT2D eigenvalue weighted by molar-refractivity contribution is 9.10. The van der Waals surface area contributed by atoms with E-state index in [0.717, 1.165) is 47.7 Å². The third kappa shape index (κ3) is 4.26. The standard InChI is InChI=1S/C20H20BrN5O/c21-17-6-4-16(5-7-17)18-8-9-20(27)26(23-18)15-24-11-13-25(14-12-24)19-3-1-2-10-22-19/h1-10H,11-15H2. The van der Waals surface area contributed by atoms with Crippen LogP contribution in [-0.2, 0) is 6.67 Å². The minimum atomic E-state index is -0.0805. The van der Waals surface area contributed by atoms with E-state index in [2.05, 4.69) is 35.8 Å². The molecule has 1 aliphatic heterocycles. The average Bonchev–Trinajstić information content (AvgIpc) is 2.71. The van der Waals surface area contributed by atoms with Gasteiger partial charge in [-0.25, -0.2) is 9.67 Å². The van der Waals surface area contributed by atoms with Gasteiger partial charge in [0.25, 0.3) is 5.56 Å². The summed E-state index contributed by atoms with van der Waals surface area (Å²) in [6.45, 7) is 4.01. The quantitative estimate of drug-likeness (QED) is 0.643. The molecule has 0 radical (unpaired) electrons. The second-order valence-electron chi connectivity index (χ2n) is 6.50. The zero-order valence-electron chi connectivity index (χ0n) is 14.8. The topological polar surface area (TPSA) is 54.3 Å². The maximum absolute atomic E-state index is 12.3. The summed E-state index contributed by atoms with van der Waals surface area (Å²) in [5.74, 6) is 1.00. The zero-order chi connectivity index (χ0) is 18.6. The Labute approximate surface area is 166 Å². The highest BCUT2D eigenvalue weighted by Gasteiger charge is 2.18. The van der Waals surface area contributed by atoms with E-state index in [1.54, 1.807) is 16.8 Å². The molecule has 138 valence electrons. The second-order valence-corrected chi connectivity index (χ2v) is 7.41. The fraction of sp³-hybridized carbons (Fsp3) is 0.250. The number of aromatic nitrogens is 3. The third-order valence-corrected chi connectivity index (χ3v) is 5.21. The summed E-state index contributed by atoms with van der Waals surface area (Å²) in [4.78, 5) is 21.2. The molecule has 0 N–H and O–H groups in total. The summed E-state index contributed by atoms with van der Waals surface area (Å²) in [6, 6.07) is 17.3. The first-order valence-corrected chi connectivity index (χ1v) is 9.71. The summed E-state index contributed by atoms with van der Waals surface area (Å²) in [6.07, 6.45) is 1.82. The molecule has 0 amide bonds. The van der Waals surface area contributed by atoms with E-state index in [9.17, 15) is 4.79 Å². The van der Waals surface area contributed by atoms with Crippen molar-refractivity contribution in [1.82, 2.24) is 19.7 Å². The van der Waals surface area contributed by atoms with Gasteiger partial charge >= 0.3 is 0 Å². The number of rotatable bonds is 4. The van der Waals surface area contributed by atoms with Crippen LogP contribution < -0.4 is 10.5 Å². The van der Waals surface area contributed by atoms with E-state index in [1.807, 2.05) is 48.7 Å². The van der Waals surface area contributed by atoms with E-state index in [4.69, 9.17) is 0 Å². The number of anilines is 1. The molecule has 27 heavy (non-hydrogen) atoms. The van der Waals surface area contributed by atoms with Gasteiger partial charge in [0, 0.05) is 48.5 Å². The Morgan fingerprint density at radius 3 is 2.41 bits per heavy atom. The Hall–Kier alpha value is -2.51. The Morgan fingerprint density at radius 1 is 0.926 bits per heavy atom. The lowest BCUT2D eigenvalue weighted by Crippen LogP contribution is -2.48. The van der Waals surface area contributed by atoms with Crippen molar-refractivity contribution in [3.8, 4) is 11.3 Å². The molecule has 4 rings (SSSR count). The predicted molar refractivity (Wildman–Crippen MR) is 110 cm³/mol. The lowest BCUT2D eigenvalue weighted by atomic mass is 10.1. The maximum Gasteiger partial charge on any atom is 0.268 e. The SMILES string of the molecule is O=c1ccc(-c2ccc(Br)cc2)nn1CN1CCN(c2ccccn2)CC1. The van der Waals surface area contributed by atoms with Gasteiger partial charge in [0.1, 0.15) is 5.82 Å². The van der Waals surface area contributed by atoms with Crippen molar-refractivity contribution in [2.24, 2.45) is 0 Å². The van der Waals surface area contributed by atoms with Crippen LogP contribution in [0.25, 0.3) is 11.3 Å². The zero-order valence-corrected chi connectivity index (χ0v) is 16.4. The number of piperazine rings is 1. The molecule has 0 aliphatic carbocycles. The summed E-state index contributed by atoms with van der Waals surface area (Å²) < 4.78 is 2.57. The molecular formula is C20H20BrN5O. The van der Waals surface area contributed by atoms with Crippen molar-refractivity contribution in [2.75, 3.05) is 31.1 Å². The first kappa shape index (κ1) is 17.9. The summed E-state index contributed by atoms with van der Waals surface area (Å²) >= 11 is 3.44. The molecule has 1 aromatic carbocycles. The maximum atomic E-state index is 12.3. The molecule has 7 heteroatoms. The van der Waals surface area contributed by atoms with Crippen LogP contribution in [0.5, 0.6) is 0 Å².